The van der Waals surface area contributed by atoms with Gasteiger partial charge in [-0.1, -0.05) is 44.8 Å². The van der Waals surface area contributed by atoms with E-state index in [-0.39, 0.29) is 0 Å². The van der Waals surface area contributed by atoms with E-state index in [4.69, 9.17) is 0 Å². The van der Waals surface area contributed by atoms with Crippen LogP contribution in [0.5, 0.6) is 0 Å². The third-order valence-electron chi connectivity index (χ3n) is 5.12. The molecule has 1 nitrogen and oxygen atoms in total. The van der Waals surface area contributed by atoms with E-state index in [2.05, 4.69) is 25.2 Å². The average molecular weight is 263 g/mol. The lowest BCUT2D eigenvalue weighted by molar-refractivity contribution is 0.245. The lowest BCUT2D eigenvalue weighted by atomic mass is 9.76. The predicted octanol–water partition coefficient (Wildman–Crippen LogP) is 5.07. The molecular weight excluding hydrogens is 230 g/mol. The first kappa shape index (κ1) is 15.1. The molecule has 110 valence electrons. The van der Waals surface area contributed by atoms with Crippen molar-refractivity contribution in [1.29, 1.82) is 0 Å². The molecule has 1 fully saturated rings. The Kier molecular flexibility index (Phi) is 6.43. The average Bonchev–Trinajstić information content (AvgIpc) is 2.70. The number of nitrogens with one attached hydrogen (secondary N) is 1. The second kappa shape index (κ2) is 8.09. The fourth-order valence-corrected chi connectivity index (χ4v) is 3.84. The van der Waals surface area contributed by atoms with Crippen LogP contribution in [0.4, 0.5) is 0 Å². The molecule has 0 aromatic rings. The lowest BCUT2D eigenvalue weighted by Gasteiger charge is -2.35. The summed E-state index contributed by atoms with van der Waals surface area (Å²) >= 11 is 0. The summed E-state index contributed by atoms with van der Waals surface area (Å²) in [6.45, 7) is 5.90. The molecule has 0 saturated heterocycles. The van der Waals surface area contributed by atoms with Crippen LogP contribution in [-0.4, -0.2) is 12.6 Å². The maximum absolute atomic E-state index is 3.88. The minimum atomic E-state index is 0.700. The molecule has 0 spiro atoms. The fourth-order valence-electron chi connectivity index (χ4n) is 3.84. The first-order chi connectivity index (χ1) is 9.31. The molecule has 1 unspecified atom stereocenters. The predicted molar refractivity (Wildman–Crippen MR) is 84.4 cm³/mol. The van der Waals surface area contributed by atoms with E-state index >= 15 is 0 Å². The van der Waals surface area contributed by atoms with Crippen LogP contribution in [0.15, 0.2) is 11.6 Å². The van der Waals surface area contributed by atoms with Gasteiger partial charge in [0.2, 0.25) is 0 Å². The van der Waals surface area contributed by atoms with Crippen molar-refractivity contribution in [1.82, 2.24) is 5.32 Å². The van der Waals surface area contributed by atoms with Gasteiger partial charge in [-0.15, -0.1) is 0 Å². The minimum Gasteiger partial charge on any atom is -0.310 e. The quantitative estimate of drug-likeness (QED) is 0.683. The number of hydrogen-bond donors (Lipinski definition) is 1. The summed E-state index contributed by atoms with van der Waals surface area (Å²) < 4.78 is 0. The van der Waals surface area contributed by atoms with Gasteiger partial charge in [0.15, 0.2) is 0 Å². The van der Waals surface area contributed by atoms with Gasteiger partial charge in [-0.2, -0.15) is 0 Å². The second-order valence-corrected chi connectivity index (χ2v) is 6.83. The van der Waals surface area contributed by atoms with Crippen LogP contribution < -0.4 is 5.32 Å². The van der Waals surface area contributed by atoms with Crippen LogP contribution in [0, 0.1) is 11.8 Å². The Balaban J connectivity index is 1.99. The highest BCUT2D eigenvalue weighted by Crippen LogP contribution is 2.34. The molecule has 1 atom stereocenters. The third kappa shape index (κ3) is 4.63. The van der Waals surface area contributed by atoms with Gasteiger partial charge in [0.05, 0.1) is 0 Å². The van der Waals surface area contributed by atoms with E-state index < -0.39 is 0 Å². The molecule has 2 aliphatic carbocycles. The van der Waals surface area contributed by atoms with Crippen molar-refractivity contribution in [3.8, 4) is 0 Å². The molecule has 19 heavy (non-hydrogen) atoms. The normalized spacial score (nSPS) is 30.5. The molecule has 2 aliphatic rings. The lowest BCUT2D eigenvalue weighted by Crippen LogP contribution is -2.40. The van der Waals surface area contributed by atoms with Crippen molar-refractivity contribution >= 4 is 0 Å². The Bertz CT molecular complexity index is 273. The maximum atomic E-state index is 3.88. The van der Waals surface area contributed by atoms with Gasteiger partial charge in [-0.25, -0.2) is 0 Å². The van der Waals surface area contributed by atoms with Gasteiger partial charge in [0.1, 0.15) is 0 Å². The molecule has 0 heterocycles. The molecule has 1 saturated carbocycles. The van der Waals surface area contributed by atoms with E-state index in [0.29, 0.717) is 6.04 Å². The highest BCUT2D eigenvalue weighted by Gasteiger charge is 2.28. The highest BCUT2D eigenvalue weighted by atomic mass is 14.9. The van der Waals surface area contributed by atoms with E-state index in [0.717, 1.165) is 11.8 Å². The minimum absolute atomic E-state index is 0.700. The van der Waals surface area contributed by atoms with Crippen molar-refractivity contribution in [2.24, 2.45) is 11.8 Å². The highest BCUT2D eigenvalue weighted by molar-refractivity contribution is 5.14. The molecule has 1 N–H and O–H groups in total. The number of rotatable bonds is 5. The first-order valence-corrected chi connectivity index (χ1v) is 8.73. The van der Waals surface area contributed by atoms with Gasteiger partial charge >= 0.3 is 0 Å². The zero-order valence-corrected chi connectivity index (χ0v) is 13.1. The standard InChI is InChI=1S/C18H33N/c1-3-14-19-18(16-8-6-4-5-7-9-16)17-12-10-15(2)11-13-17/h8,15,17-19H,3-7,9-14H2,1-2H3. The molecule has 0 aliphatic heterocycles. The Morgan fingerprint density at radius 1 is 1.16 bits per heavy atom. The van der Waals surface area contributed by atoms with Crippen molar-refractivity contribution < 1.29 is 0 Å². The summed E-state index contributed by atoms with van der Waals surface area (Å²) in [7, 11) is 0. The van der Waals surface area contributed by atoms with Crippen LogP contribution in [0.25, 0.3) is 0 Å². The molecule has 0 radical (unpaired) electrons. The summed E-state index contributed by atoms with van der Waals surface area (Å²) in [6, 6.07) is 0.700. The largest absolute Gasteiger partial charge is 0.310 e. The zero-order valence-electron chi connectivity index (χ0n) is 13.1. The van der Waals surface area contributed by atoms with Gasteiger partial charge in [-0.3, -0.25) is 0 Å². The van der Waals surface area contributed by atoms with Crippen molar-refractivity contribution in [3.63, 3.8) is 0 Å². The van der Waals surface area contributed by atoms with E-state index in [9.17, 15) is 0 Å². The molecule has 0 amide bonds. The van der Waals surface area contributed by atoms with Crippen LogP contribution >= 0.6 is 0 Å². The Hall–Kier alpha value is -0.300. The first-order valence-electron chi connectivity index (χ1n) is 8.73. The fraction of sp³-hybridized carbons (Fsp3) is 0.889. The van der Waals surface area contributed by atoms with Crippen LogP contribution in [-0.2, 0) is 0 Å². The molecular formula is C18H33N. The third-order valence-corrected chi connectivity index (χ3v) is 5.12. The summed E-state index contributed by atoms with van der Waals surface area (Å²) in [5.74, 6) is 1.87. The Labute approximate surface area is 120 Å². The van der Waals surface area contributed by atoms with Crippen molar-refractivity contribution in [2.75, 3.05) is 6.54 Å². The molecule has 0 aromatic heterocycles. The van der Waals surface area contributed by atoms with Crippen molar-refractivity contribution in [3.05, 3.63) is 11.6 Å². The smallest absolute Gasteiger partial charge is 0.0307 e. The molecule has 0 aromatic carbocycles. The Morgan fingerprint density at radius 2 is 1.95 bits per heavy atom. The molecule has 2 rings (SSSR count). The van der Waals surface area contributed by atoms with Crippen molar-refractivity contribution in [2.45, 2.75) is 84.1 Å². The van der Waals surface area contributed by atoms with Gasteiger partial charge in [0.25, 0.3) is 0 Å². The maximum Gasteiger partial charge on any atom is 0.0307 e. The van der Waals surface area contributed by atoms with Crippen LogP contribution in [0.3, 0.4) is 0 Å². The zero-order chi connectivity index (χ0) is 13.5. The number of allylic oxidation sites excluding steroid dienone is 1. The van der Waals surface area contributed by atoms with Gasteiger partial charge < -0.3 is 5.32 Å². The summed E-state index contributed by atoms with van der Waals surface area (Å²) in [5, 5.41) is 3.88. The summed E-state index contributed by atoms with van der Waals surface area (Å²) in [5.41, 5.74) is 1.76. The Morgan fingerprint density at radius 3 is 2.68 bits per heavy atom. The number of hydrogen-bond acceptors (Lipinski definition) is 1. The molecule has 1 heteroatoms. The summed E-state index contributed by atoms with van der Waals surface area (Å²) in [4.78, 5) is 0. The van der Waals surface area contributed by atoms with E-state index in [1.807, 2.05) is 0 Å². The summed E-state index contributed by atoms with van der Waals surface area (Å²) in [6.07, 6.45) is 16.6. The van der Waals surface area contributed by atoms with Gasteiger partial charge in [0, 0.05) is 6.04 Å². The van der Waals surface area contributed by atoms with E-state index in [1.54, 1.807) is 5.57 Å². The molecule has 0 bridgehead atoms. The van der Waals surface area contributed by atoms with E-state index in [1.165, 1.54) is 70.8 Å². The van der Waals surface area contributed by atoms with Gasteiger partial charge in [-0.05, 0) is 63.3 Å². The second-order valence-electron chi connectivity index (χ2n) is 6.83. The van der Waals surface area contributed by atoms with Crippen LogP contribution in [0.1, 0.15) is 78.1 Å². The monoisotopic (exact) mass is 263 g/mol. The van der Waals surface area contributed by atoms with Crippen LogP contribution in [0.2, 0.25) is 0 Å². The SMILES string of the molecule is CCCNC(C1=CCCCCC1)C1CCC(C)CC1. The topological polar surface area (TPSA) is 12.0 Å².